The smallest absolute Gasteiger partial charge is 0.243 e. The third-order valence-corrected chi connectivity index (χ3v) is 8.79. The number of carbonyl (C=O) groups is 1. The number of nitrogens with zero attached hydrogens (tertiary/aromatic N) is 3. The largest absolute Gasteiger partial charge is 0.493 e. The summed E-state index contributed by atoms with van der Waals surface area (Å²) in [5.74, 6) is 0.937. The Labute approximate surface area is 203 Å². The van der Waals surface area contributed by atoms with E-state index in [1.807, 2.05) is 26.0 Å². The lowest BCUT2D eigenvalue weighted by Gasteiger charge is -2.37. The molecule has 4 rings (SSSR count). The van der Waals surface area contributed by atoms with Crippen molar-refractivity contribution in [3.8, 4) is 5.75 Å². The van der Waals surface area contributed by atoms with Gasteiger partial charge in [0.15, 0.2) is 0 Å². The van der Waals surface area contributed by atoms with Crippen LogP contribution in [0.1, 0.15) is 38.9 Å². The molecule has 0 aliphatic carbocycles. The molecule has 0 aromatic heterocycles. The van der Waals surface area contributed by atoms with Crippen LogP contribution in [0.2, 0.25) is 0 Å². The molecule has 0 spiro atoms. The number of hydrogen-bond acceptors (Lipinski definition) is 8. The van der Waals surface area contributed by atoms with Gasteiger partial charge in [-0.1, -0.05) is 13.8 Å². The first-order valence-electron chi connectivity index (χ1n) is 12.1. The van der Waals surface area contributed by atoms with Crippen molar-refractivity contribution < 1.29 is 17.9 Å². The maximum absolute atomic E-state index is 13.4. The summed E-state index contributed by atoms with van der Waals surface area (Å²) in [6, 6.07) is 4.59. The number of nitrogens with one attached hydrogen (secondary N) is 3. The maximum atomic E-state index is 13.4. The number of hydrogen-bond donors (Lipinski definition) is 3. The second-order valence-corrected chi connectivity index (χ2v) is 11.8. The van der Waals surface area contributed by atoms with Crippen LogP contribution < -0.4 is 20.8 Å². The fourth-order valence-electron chi connectivity index (χ4n) is 5.14. The van der Waals surface area contributed by atoms with E-state index in [2.05, 4.69) is 34.8 Å². The van der Waals surface area contributed by atoms with Crippen LogP contribution in [0, 0.1) is 5.92 Å². The van der Waals surface area contributed by atoms with Gasteiger partial charge in [0.25, 0.3) is 0 Å². The predicted octanol–water partition coefficient (Wildman–Crippen LogP) is 0.341. The van der Waals surface area contributed by atoms with E-state index < -0.39 is 16.2 Å². The van der Waals surface area contributed by atoms with Crippen LogP contribution in [0.15, 0.2) is 23.1 Å². The Morgan fingerprint density at radius 1 is 1.15 bits per heavy atom. The predicted molar refractivity (Wildman–Crippen MR) is 130 cm³/mol. The summed E-state index contributed by atoms with van der Waals surface area (Å²) in [5, 5.41) is 8.49. The molecule has 34 heavy (non-hydrogen) atoms. The van der Waals surface area contributed by atoms with Gasteiger partial charge in [-0.15, -0.1) is 0 Å². The molecule has 0 saturated carbocycles. The van der Waals surface area contributed by atoms with E-state index in [0.717, 1.165) is 6.42 Å². The zero-order valence-corrected chi connectivity index (χ0v) is 21.6. The van der Waals surface area contributed by atoms with Crippen molar-refractivity contribution >= 4 is 15.9 Å². The van der Waals surface area contributed by atoms with E-state index in [9.17, 15) is 13.2 Å². The van der Waals surface area contributed by atoms with Crippen LogP contribution in [0.5, 0.6) is 5.75 Å². The normalized spacial score (nSPS) is 29.3. The van der Waals surface area contributed by atoms with Crippen molar-refractivity contribution in [2.75, 3.05) is 46.9 Å². The van der Waals surface area contributed by atoms with Gasteiger partial charge in [0.2, 0.25) is 15.9 Å². The Balaban J connectivity index is 1.65. The summed E-state index contributed by atoms with van der Waals surface area (Å²) in [4.78, 5) is 15.5. The SMILES string of the molecule is CCOc1ccc(S(=O)(=O)N2CCN(C)CC2)cc1C1NC(=O)C2C(N1)C(CC(C)C)NN2C. The average Bonchev–Trinajstić information content (AvgIpc) is 3.09. The average molecular weight is 495 g/mol. The molecule has 190 valence electrons. The second-order valence-electron chi connectivity index (χ2n) is 9.89. The lowest BCUT2D eigenvalue weighted by atomic mass is 9.92. The number of hydrazine groups is 1. The molecule has 1 aromatic rings. The van der Waals surface area contributed by atoms with Crippen molar-refractivity contribution in [2.45, 2.75) is 56.4 Å². The van der Waals surface area contributed by atoms with Crippen molar-refractivity contribution in [3.05, 3.63) is 23.8 Å². The lowest BCUT2D eigenvalue weighted by Crippen LogP contribution is -2.62. The molecular formula is C23H38N6O4S. The summed E-state index contributed by atoms with van der Waals surface area (Å²) in [6.45, 7) is 8.95. The molecule has 3 aliphatic rings. The summed E-state index contributed by atoms with van der Waals surface area (Å²) >= 11 is 0. The minimum Gasteiger partial charge on any atom is -0.493 e. The highest BCUT2D eigenvalue weighted by Gasteiger charge is 2.48. The van der Waals surface area contributed by atoms with Gasteiger partial charge in [-0.25, -0.2) is 18.9 Å². The van der Waals surface area contributed by atoms with Gasteiger partial charge in [0, 0.05) is 44.8 Å². The van der Waals surface area contributed by atoms with Crippen LogP contribution in [-0.2, 0) is 14.8 Å². The zero-order valence-electron chi connectivity index (χ0n) is 20.7. The van der Waals surface area contributed by atoms with Crippen LogP contribution in [0.3, 0.4) is 0 Å². The Morgan fingerprint density at radius 3 is 2.50 bits per heavy atom. The van der Waals surface area contributed by atoms with E-state index in [1.165, 1.54) is 4.31 Å². The molecule has 1 amide bonds. The molecule has 0 bridgehead atoms. The number of amides is 1. The van der Waals surface area contributed by atoms with Gasteiger partial charge in [-0.2, -0.15) is 4.31 Å². The van der Waals surface area contributed by atoms with Crippen LogP contribution in [-0.4, -0.2) is 93.5 Å². The monoisotopic (exact) mass is 494 g/mol. The molecule has 3 fully saturated rings. The van der Waals surface area contributed by atoms with Gasteiger partial charge in [0.1, 0.15) is 18.0 Å². The number of ether oxygens (including phenoxy) is 1. The summed E-state index contributed by atoms with van der Waals surface area (Å²) in [6.07, 6.45) is 0.357. The number of carbonyl (C=O) groups excluding carboxylic acids is 1. The lowest BCUT2D eigenvalue weighted by molar-refractivity contribution is -0.129. The number of fused-ring (bicyclic) bond motifs is 1. The van der Waals surface area contributed by atoms with Gasteiger partial charge in [-0.05, 0) is 44.5 Å². The van der Waals surface area contributed by atoms with Gasteiger partial charge < -0.3 is 15.0 Å². The molecule has 4 unspecified atom stereocenters. The molecule has 4 atom stereocenters. The molecule has 3 aliphatic heterocycles. The standard InChI is InChI=1S/C23H38N6O4S/c1-6-33-19-8-7-16(34(31,32)29-11-9-27(4)10-12-29)14-17(19)22-24-20-18(13-15(2)3)26-28(5)21(20)23(30)25-22/h7-8,14-15,18,20-22,24,26H,6,9-13H2,1-5H3,(H,25,30). The van der Waals surface area contributed by atoms with Crippen molar-refractivity contribution in [2.24, 2.45) is 5.92 Å². The van der Waals surface area contributed by atoms with Crippen LogP contribution in [0.4, 0.5) is 0 Å². The fraction of sp³-hybridized carbons (Fsp3) is 0.696. The Kier molecular flexibility index (Phi) is 7.51. The second kappa shape index (κ2) is 10.1. The van der Waals surface area contributed by atoms with E-state index >= 15 is 0 Å². The van der Waals surface area contributed by atoms with Crippen molar-refractivity contribution in [1.82, 2.24) is 30.3 Å². The number of sulfonamides is 1. The fourth-order valence-corrected chi connectivity index (χ4v) is 6.60. The minimum absolute atomic E-state index is 0.0928. The first-order chi connectivity index (χ1) is 16.1. The quantitative estimate of drug-likeness (QED) is 0.498. The third-order valence-electron chi connectivity index (χ3n) is 6.89. The summed E-state index contributed by atoms with van der Waals surface area (Å²) in [5.41, 5.74) is 4.05. The number of piperazine rings is 1. The molecule has 10 nitrogen and oxygen atoms in total. The molecule has 3 heterocycles. The third kappa shape index (κ3) is 4.95. The van der Waals surface area contributed by atoms with E-state index in [-0.39, 0.29) is 28.9 Å². The Morgan fingerprint density at radius 2 is 1.85 bits per heavy atom. The van der Waals surface area contributed by atoms with E-state index in [1.54, 1.807) is 18.2 Å². The number of likely N-dealkylation sites (N-methyl/N-ethyl adjacent to an activating group) is 2. The summed E-state index contributed by atoms with van der Waals surface area (Å²) in [7, 11) is 0.220. The first kappa shape index (κ1) is 25.3. The Bertz CT molecular complexity index is 995. The van der Waals surface area contributed by atoms with Crippen LogP contribution in [0.25, 0.3) is 0 Å². The minimum atomic E-state index is -3.65. The Hall–Kier alpha value is -1.76. The topological polar surface area (TPSA) is 106 Å². The molecular weight excluding hydrogens is 456 g/mol. The molecule has 1 aromatic carbocycles. The van der Waals surface area contributed by atoms with E-state index in [0.29, 0.717) is 50.0 Å². The number of benzene rings is 1. The van der Waals surface area contributed by atoms with Crippen molar-refractivity contribution in [3.63, 3.8) is 0 Å². The zero-order chi connectivity index (χ0) is 24.6. The van der Waals surface area contributed by atoms with E-state index in [4.69, 9.17) is 4.74 Å². The van der Waals surface area contributed by atoms with Gasteiger partial charge in [-0.3, -0.25) is 10.1 Å². The molecule has 11 heteroatoms. The maximum Gasteiger partial charge on any atom is 0.243 e. The number of rotatable bonds is 7. The highest BCUT2D eigenvalue weighted by atomic mass is 32.2. The summed E-state index contributed by atoms with van der Waals surface area (Å²) < 4.78 is 34.2. The highest BCUT2D eigenvalue weighted by molar-refractivity contribution is 7.89. The van der Waals surface area contributed by atoms with Gasteiger partial charge in [0.05, 0.1) is 17.5 Å². The van der Waals surface area contributed by atoms with Crippen molar-refractivity contribution in [1.29, 1.82) is 0 Å². The molecule has 3 saturated heterocycles. The molecule has 3 N–H and O–H groups in total. The van der Waals surface area contributed by atoms with Gasteiger partial charge >= 0.3 is 0 Å². The highest BCUT2D eigenvalue weighted by Crippen LogP contribution is 2.33. The first-order valence-corrected chi connectivity index (χ1v) is 13.6. The van der Waals surface area contributed by atoms with Crippen LogP contribution >= 0.6 is 0 Å². The molecule has 0 radical (unpaired) electrons.